The molecule has 1 aromatic heterocycles. The summed E-state index contributed by atoms with van der Waals surface area (Å²) in [4.78, 5) is 0. The van der Waals surface area contributed by atoms with E-state index in [1.165, 1.54) is 0 Å². The Morgan fingerprint density at radius 1 is 0.340 bits per heavy atom. The van der Waals surface area contributed by atoms with Crippen molar-refractivity contribution in [3.63, 3.8) is 0 Å². The van der Waals surface area contributed by atoms with Gasteiger partial charge in [0.15, 0.2) is 0 Å². The number of hydrogen-bond acceptors (Lipinski definition) is 1. The van der Waals surface area contributed by atoms with Gasteiger partial charge in [-0.3, -0.25) is 0 Å². The van der Waals surface area contributed by atoms with Crippen LogP contribution in [0.3, 0.4) is 0 Å². The van der Waals surface area contributed by atoms with Gasteiger partial charge in [0, 0.05) is 16.5 Å². The normalized spacial score (nSPS) is 13.9. The molecular formula is C52H32O. The molecule has 0 aliphatic heterocycles. The highest BCUT2D eigenvalue weighted by atomic mass is 16.3. The molecular weight excluding hydrogens is 641 g/mol. The van der Waals surface area contributed by atoms with Crippen LogP contribution in [0, 0.1) is 0 Å². The van der Waals surface area contributed by atoms with Gasteiger partial charge in [-0.15, -0.1) is 0 Å². The zero-order valence-corrected chi connectivity index (χ0v) is 28.3. The SMILES string of the molecule is [2H]c1c([2H])c([2H])c2c(-c3cccc4c3ccc3ccccc34)c3c([2H])c([2H])c([2H])c([2H])c3c(-c3ccc4c(-c5ccc6ccccc6c5)c(-c5ccccc5)oc4c3)c2c1[2H]. The maximum atomic E-state index is 9.53. The minimum absolute atomic E-state index is 0.153. The molecule has 0 amide bonds. The second-order valence-electron chi connectivity index (χ2n) is 13.4. The van der Waals surface area contributed by atoms with E-state index in [9.17, 15) is 5.48 Å². The lowest BCUT2D eigenvalue weighted by atomic mass is 9.84. The molecule has 0 radical (unpaired) electrons. The van der Waals surface area contributed by atoms with Crippen molar-refractivity contribution in [2.24, 2.45) is 0 Å². The minimum atomic E-state index is -0.446. The van der Waals surface area contributed by atoms with Gasteiger partial charge in [-0.25, -0.2) is 0 Å². The average molecular weight is 681 g/mol. The summed E-state index contributed by atoms with van der Waals surface area (Å²) in [6, 6.07) is 44.6. The van der Waals surface area contributed by atoms with Gasteiger partial charge >= 0.3 is 0 Å². The Kier molecular flexibility index (Phi) is 5.07. The molecule has 0 atom stereocenters. The second-order valence-corrected chi connectivity index (χ2v) is 13.4. The Bertz CT molecular complexity index is 3610. The van der Waals surface area contributed by atoms with Crippen molar-refractivity contribution in [2.75, 3.05) is 0 Å². The van der Waals surface area contributed by atoms with E-state index in [0.717, 1.165) is 54.4 Å². The van der Waals surface area contributed by atoms with Gasteiger partial charge in [-0.2, -0.15) is 0 Å². The van der Waals surface area contributed by atoms with E-state index in [2.05, 4.69) is 30.3 Å². The van der Waals surface area contributed by atoms with Crippen molar-refractivity contribution in [3.8, 4) is 44.7 Å². The number of rotatable bonds is 4. The zero-order valence-electron chi connectivity index (χ0n) is 36.3. The molecule has 10 aromatic carbocycles. The lowest BCUT2D eigenvalue weighted by Gasteiger charge is -2.19. The standard InChI is InChI=1S/C52H32O/c1-2-15-35(16-3-1)52-50(37-26-25-33-13-4-5-17-36(33)31-37)47-30-28-38(32-48(47)53-52)49-43-19-8-10-21-45(43)51(46-22-11-9-20-44(46)49)42-24-12-23-40-39-18-7-6-14-34(39)27-29-41(40)42/h1-32H/i8D,9D,10D,11D,19D,20D,21D,22D. The van der Waals surface area contributed by atoms with E-state index >= 15 is 0 Å². The molecule has 0 aliphatic rings. The zero-order chi connectivity index (χ0) is 41.8. The minimum Gasteiger partial charge on any atom is -0.455 e. The van der Waals surface area contributed by atoms with Crippen molar-refractivity contribution in [2.45, 2.75) is 0 Å². The molecule has 0 fully saturated rings. The van der Waals surface area contributed by atoms with E-state index in [1.807, 2.05) is 115 Å². The summed E-state index contributed by atoms with van der Waals surface area (Å²) < 4.78 is 80.7. The van der Waals surface area contributed by atoms with Gasteiger partial charge in [0.1, 0.15) is 11.3 Å². The van der Waals surface area contributed by atoms with E-state index in [4.69, 9.17) is 9.90 Å². The molecule has 11 aromatic rings. The molecule has 0 N–H and O–H groups in total. The first-order valence-corrected chi connectivity index (χ1v) is 17.6. The van der Waals surface area contributed by atoms with Gasteiger partial charge < -0.3 is 4.42 Å². The molecule has 1 heterocycles. The summed E-state index contributed by atoms with van der Waals surface area (Å²) in [6.45, 7) is 0. The van der Waals surface area contributed by atoms with Crippen LogP contribution in [0.25, 0.3) is 110 Å². The largest absolute Gasteiger partial charge is 0.455 e. The predicted molar refractivity (Wildman–Crippen MR) is 225 cm³/mol. The van der Waals surface area contributed by atoms with E-state index in [0.29, 0.717) is 28.0 Å². The van der Waals surface area contributed by atoms with Crippen molar-refractivity contribution >= 4 is 64.8 Å². The maximum absolute atomic E-state index is 9.53. The van der Waals surface area contributed by atoms with Crippen molar-refractivity contribution in [1.82, 2.24) is 0 Å². The van der Waals surface area contributed by atoms with Gasteiger partial charge in [0.25, 0.3) is 0 Å². The van der Waals surface area contributed by atoms with Gasteiger partial charge in [0.2, 0.25) is 0 Å². The molecule has 1 nitrogen and oxygen atoms in total. The third kappa shape index (κ3) is 4.64. The van der Waals surface area contributed by atoms with Crippen molar-refractivity contribution in [3.05, 3.63) is 194 Å². The van der Waals surface area contributed by atoms with Crippen LogP contribution in [0.2, 0.25) is 0 Å². The van der Waals surface area contributed by atoms with Crippen LogP contribution in [-0.4, -0.2) is 0 Å². The highest BCUT2D eigenvalue weighted by molar-refractivity contribution is 6.25. The molecule has 11 rings (SSSR count). The van der Waals surface area contributed by atoms with Gasteiger partial charge in [-0.05, 0) is 99.9 Å². The summed E-state index contributed by atoms with van der Waals surface area (Å²) in [6.07, 6.45) is 0. The topological polar surface area (TPSA) is 13.1 Å². The lowest BCUT2D eigenvalue weighted by molar-refractivity contribution is 0.632. The summed E-state index contributed by atoms with van der Waals surface area (Å²) in [5, 5.41) is 7.33. The maximum Gasteiger partial charge on any atom is 0.143 e. The molecule has 0 aliphatic carbocycles. The monoisotopic (exact) mass is 680 g/mol. The summed E-state index contributed by atoms with van der Waals surface area (Å²) in [7, 11) is 0. The quantitative estimate of drug-likeness (QED) is 0.133. The molecule has 0 saturated carbocycles. The Labute approximate surface area is 318 Å². The fourth-order valence-electron chi connectivity index (χ4n) is 8.12. The van der Waals surface area contributed by atoms with Crippen LogP contribution in [0.5, 0.6) is 0 Å². The Morgan fingerprint density at radius 2 is 0.925 bits per heavy atom. The third-order valence-electron chi connectivity index (χ3n) is 10.5. The van der Waals surface area contributed by atoms with Crippen LogP contribution in [-0.2, 0) is 0 Å². The Morgan fingerprint density at radius 3 is 1.70 bits per heavy atom. The summed E-state index contributed by atoms with van der Waals surface area (Å²) in [5.74, 6) is 0.653. The van der Waals surface area contributed by atoms with E-state index < -0.39 is 24.2 Å². The van der Waals surface area contributed by atoms with Crippen molar-refractivity contribution in [1.29, 1.82) is 0 Å². The summed E-state index contributed by atoms with van der Waals surface area (Å²) >= 11 is 0. The van der Waals surface area contributed by atoms with Crippen LogP contribution in [0.15, 0.2) is 198 Å². The molecule has 246 valence electrons. The average Bonchev–Trinajstić information content (AvgIpc) is 3.69. The van der Waals surface area contributed by atoms with Gasteiger partial charge in [-0.1, -0.05) is 176 Å². The predicted octanol–water partition coefficient (Wildman–Crippen LogP) is 14.9. The molecule has 0 saturated heterocycles. The fraction of sp³-hybridized carbons (Fsp3) is 0. The molecule has 53 heavy (non-hydrogen) atoms. The van der Waals surface area contributed by atoms with E-state index in [1.54, 1.807) is 0 Å². The van der Waals surface area contributed by atoms with Crippen molar-refractivity contribution < 1.29 is 15.4 Å². The number of fused-ring (bicyclic) bond motifs is 7. The number of hydrogen-bond donors (Lipinski definition) is 0. The number of benzene rings is 10. The molecule has 0 spiro atoms. The van der Waals surface area contributed by atoms with Crippen LogP contribution in [0.1, 0.15) is 11.0 Å². The Hall–Kier alpha value is -6.96. The van der Waals surface area contributed by atoms with Gasteiger partial charge in [0.05, 0.1) is 11.0 Å². The first kappa shape index (κ1) is 22.8. The van der Waals surface area contributed by atoms with E-state index in [-0.39, 0.29) is 51.3 Å². The molecule has 1 heteroatoms. The van der Waals surface area contributed by atoms with Crippen LogP contribution >= 0.6 is 0 Å². The summed E-state index contributed by atoms with van der Waals surface area (Å²) in [5.41, 5.74) is 4.87. The second kappa shape index (κ2) is 11.8. The highest BCUT2D eigenvalue weighted by Crippen LogP contribution is 2.48. The molecule has 0 unspecified atom stereocenters. The number of furan rings is 1. The van der Waals surface area contributed by atoms with Crippen LogP contribution < -0.4 is 0 Å². The highest BCUT2D eigenvalue weighted by Gasteiger charge is 2.22. The smallest absolute Gasteiger partial charge is 0.143 e. The first-order chi connectivity index (χ1) is 29.6. The first-order valence-electron chi connectivity index (χ1n) is 21.6. The third-order valence-corrected chi connectivity index (χ3v) is 10.5. The molecule has 0 bridgehead atoms. The fourth-order valence-corrected chi connectivity index (χ4v) is 8.12. The Balaban J connectivity index is 1.29. The lowest BCUT2D eigenvalue weighted by Crippen LogP contribution is -1.92. The van der Waals surface area contributed by atoms with Crippen LogP contribution in [0.4, 0.5) is 0 Å².